The number of nitrogens with zero attached hydrogens (tertiary/aromatic N) is 2. The number of aromatic amines is 1. The van der Waals surface area contributed by atoms with Gasteiger partial charge in [0.1, 0.15) is 5.82 Å². The van der Waals surface area contributed by atoms with Crippen molar-refractivity contribution in [3.8, 4) is 11.4 Å². The molecule has 0 saturated heterocycles. The van der Waals surface area contributed by atoms with Crippen LogP contribution in [0.3, 0.4) is 0 Å². The first-order chi connectivity index (χ1) is 8.70. The summed E-state index contributed by atoms with van der Waals surface area (Å²) < 4.78 is 0. The summed E-state index contributed by atoms with van der Waals surface area (Å²) in [5, 5.41) is 3.16. The second-order valence-corrected chi connectivity index (χ2v) is 4.06. The molecule has 2 aromatic heterocycles. The summed E-state index contributed by atoms with van der Waals surface area (Å²) >= 11 is 0. The third-order valence-corrected chi connectivity index (χ3v) is 2.63. The van der Waals surface area contributed by atoms with E-state index in [2.05, 4.69) is 20.3 Å². The maximum absolute atomic E-state index is 11.6. The number of hydrogen-bond donors (Lipinski definition) is 2. The molecule has 0 atom stereocenters. The Balaban J connectivity index is 2.42. The monoisotopic (exact) mass is 244 g/mol. The SMILES string of the molecule is CCNCc1cc(=O)[nH]c(-c2ccncc2C)n1. The van der Waals surface area contributed by atoms with E-state index in [4.69, 9.17) is 0 Å². The van der Waals surface area contributed by atoms with Crippen LogP contribution in [0.2, 0.25) is 0 Å². The van der Waals surface area contributed by atoms with Gasteiger partial charge >= 0.3 is 0 Å². The molecule has 0 bridgehead atoms. The van der Waals surface area contributed by atoms with E-state index in [0.717, 1.165) is 23.4 Å². The highest BCUT2D eigenvalue weighted by Gasteiger charge is 2.06. The molecule has 0 aliphatic carbocycles. The molecule has 2 N–H and O–H groups in total. The van der Waals surface area contributed by atoms with Gasteiger partial charge in [-0.25, -0.2) is 4.98 Å². The van der Waals surface area contributed by atoms with E-state index in [1.165, 1.54) is 6.07 Å². The zero-order valence-electron chi connectivity index (χ0n) is 10.5. The van der Waals surface area contributed by atoms with Gasteiger partial charge in [-0.2, -0.15) is 0 Å². The van der Waals surface area contributed by atoms with Crippen molar-refractivity contribution in [3.05, 3.63) is 46.1 Å². The van der Waals surface area contributed by atoms with Crippen molar-refractivity contribution in [1.82, 2.24) is 20.3 Å². The Morgan fingerprint density at radius 1 is 1.44 bits per heavy atom. The van der Waals surface area contributed by atoms with Crippen molar-refractivity contribution in [2.75, 3.05) is 6.54 Å². The van der Waals surface area contributed by atoms with E-state index in [1.54, 1.807) is 12.4 Å². The van der Waals surface area contributed by atoms with E-state index in [-0.39, 0.29) is 5.56 Å². The number of hydrogen-bond acceptors (Lipinski definition) is 4. The van der Waals surface area contributed by atoms with Crippen LogP contribution in [0.25, 0.3) is 11.4 Å². The molecule has 18 heavy (non-hydrogen) atoms. The predicted molar refractivity (Wildman–Crippen MR) is 70.2 cm³/mol. The Bertz CT molecular complexity index is 592. The first kappa shape index (κ1) is 12.4. The fourth-order valence-corrected chi connectivity index (χ4v) is 1.72. The van der Waals surface area contributed by atoms with E-state index >= 15 is 0 Å². The molecule has 2 rings (SSSR count). The molecule has 0 radical (unpaired) electrons. The standard InChI is InChI=1S/C13H16N4O/c1-3-14-8-10-6-12(18)17-13(16-10)11-4-5-15-7-9(11)2/h4-7,14H,3,8H2,1-2H3,(H,16,17,18). The van der Waals surface area contributed by atoms with Crippen LogP contribution >= 0.6 is 0 Å². The number of rotatable bonds is 4. The van der Waals surface area contributed by atoms with E-state index in [1.807, 2.05) is 19.9 Å². The van der Waals surface area contributed by atoms with Gasteiger partial charge in [0.05, 0.1) is 5.69 Å². The van der Waals surface area contributed by atoms with Gasteiger partial charge in [-0.15, -0.1) is 0 Å². The maximum atomic E-state index is 11.6. The topological polar surface area (TPSA) is 70.7 Å². The molecular formula is C13H16N4O. The summed E-state index contributed by atoms with van der Waals surface area (Å²) in [6, 6.07) is 3.37. The third-order valence-electron chi connectivity index (χ3n) is 2.63. The third kappa shape index (κ3) is 2.81. The fourth-order valence-electron chi connectivity index (χ4n) is 1.72. The quantitative estimate of drug-likeness (QED) is 0.849. The van der Waals surface area contributed by atoms with Crippen LogP contribution in [0.1, 0.15) is 18.2 Å². The first-order valence-electron chi connectivity index (χ1n) is 5.92. The molecule has 5 heteroatoms. The molecular weight excluding hydrogens is 228 g/mol. The number of pyridine rings is 1. The van der Waals surface area contributed by atoms with Gasteiger partial charge in [-0.1, -0.05) is 6.92 Å². The highest BCUT2D eigenvalue weighted by Crippen LogP contribution is 2.16. The largest absolute Gasteiger partial charge is 0.311 e. The fraction of sp³-hybridized carbons (Fsp3) is 0.308. The van der Waals surface area contributed by atoms with E-state index < -0.39 is 0 Å². The number of aromatic nitrogens is 3. The second kappa shape index (κ2) is 5.55. The molecule has 5 nitrogen and oxygen atoms in total. The minimum absolute atomic E-state index is 0.135. The number of H-pyrrole nitrogens is 1. The van der Waals surface area contributed by atoms with Crippen molar-refractivity contribution in [2.45, 2.75) is 20.4 Å². The minimum Gasteiger partial charge on any atom is -0.311 e. The van der Waals surface area contributed by atoms with Crippen LogP contribution in [-0.2, 0) is 6.54 Å². The maximum Gasteiger partial charge on any atom is 0.251 e. The number of aryl methyl sites for hydroxylation is 1. The van der Waals surface area contributed by atoms with Crippen molar-refractivity contribution in [1.29, 1.82) is 0 Å². The Morgan fingerprint density at radius 3 is 3.00 bits per heavy atom. The molecule has 0 aliphatic heterocycles. The second-order valence-electron chi connectivity index (χ2n) is 4.06. The molecule has 0 spiro atoms. The van der Waals surface area contributed by atoms with Gasteiger partial charge < -0.3 is 10.3 Å². The van der Waals surface area contributed by atoms with Crippen LogP contribution < -0.4 is 10.9 Å². The molecule has 0 aliphatic rings. The average Bonchev–Trinajstić information content (AvgIpc) is 2.36. The van der Waals surface area contributed by atoms with Crippen LogP contribution in [0.4, 0.5) is 0 Å². The van der Waals surface area contributed by atoms with Gasteiger partial charge in [0, 0.05) is 30.6 Å². The summed E-state index contributed by atoms with van der Waals surface area (Å²) in [5.41, 5.74) is 2.50. The van der Waals surface area contributed by atoms with E-state index in [0.29, 0.717) is 12.4 Å². The number of nitrogens with one attached hydrogen (secondary N) is 2. The normalized spacial score (nSPS) is 10.6. The zero-order chi connectivity index (χ0) is 13.0. The summed E-state index contributed by atoms with van der Waals surface area (Å²) in [6.07, 6.45) is 3.45. The van der Waals surface area contributed by atoms with Crippen LogP contribution in [0, 0.1) is 6.92 Å². The molecule has 0 aromatic carbocycles. The minimum atomic E-state index is -0.135. The highest BCUT2D eigenvalue weighted by atomic mass is 16.1. The Kier molecular flexibility index (Phi) is 3.84. The van der Waals surface area contributed by atoms with Gasteiger partial charge in [0.2, 0.25) is 0 Å². The van der Waals surface area contributed by atoms with Crippen LogP contribution in [0.15, 0.2) is 29.3 Å². The first-order valence-corrected chi connectivity index (χ1v) is 5.92. The Morgan fingerprint density at radius 2 is 2.28 bits per heavy atom. The summed E-state index contributed by atoms with van der Waals surface area (Å²) in [6.45, 7) is 5.40. The summed E-state index contributed by atoms with van der Waals surface area (Å²) in [5.74, 6) is 0.593. The molecule has 2 heterocycles. The van der Waals surface area contributed by atoms with Crippen LogP contribution in [-0.4, -0.2) is 21.5 Å². The van der Waals surface area contributed by atoms with Crippen LogP contribution in [0.5, 0.6) is 0 Å². The lowest BCUT2D eigenvalue weighted by Crippen LogP contribution is -2.17. The lowest BCUT2D eigenvalue weighted by atomic mass is 10.1. The van der Waals surface area contributed by atoms with Crippen molar-refractivity contribution >= 4 is 0 Å². The van der Waals surface area contributed by atoms with Gasteiger partial charge in [0.15, 0.2) is 0 Å². The smallest absolute Gasteiger partial charge is 0.251 e. The Labute approximate surface area is 105 Å². The predicted octanol–water partition coefficient (Wildman–Crippen LogP) is 1.25. The molecule has 94 valence electrons. The van der Waals surface area contributed by atoms with Crippen molar-refractivity contribution in [3.63, 3.8) is 0 Å². The molecule has 0 fully saturated rings. The summed E-state index contributed by atoms with van der Waals surface area (Å²) in [4.78, 5) is 22.9. The molecule has 0 unspecified atom stereocenters. The molecule has 0 saturated carbocycles. The van der Waals surface area contributed by atoms with E-state index in [9.17, 15) is 4.79 Å². The average molecular weight is 244 g/mol. The van der Waals surface area contributed by atoms with Crippen molar-refractivity contribution < 1.29 is 0 Å². The van der Waals surface area contributed by atoms with Gasteiger partial charge in [-0.05, 0) is 25.1 Å². The van der Waals surface area contributed by atoms with Gasteiger partial charge in [-0.3, -0.25) is 9.78 Å². The lowest BCUT2D eigenvalue weighted by Gasteiger charge is -2.06. The van der Waals surface area contributed by atoms with Crippen molar-refractivity contribution in [2.24, 2.45) is 0 Å². The zero-order valence-corrected chi connectivity index (χ0v) is 10.5. The van der Waals surface area contributed by atoms with Gasteiger partial charge in [0.25, 0.3) is 5.56 Å². The molecule has 2 aromatic rings. The molecule has 0 amide bonds. The highest BCUT2D eigenvalue weighted by molar-refractivity contribution is 5.58. The lowest BCUT2D eigenvalue weighted by molar-refractivity contribution is 0.708. The summed E-state index contributed by atoms with van der Waals surface area (Å²) in [7, 11) is 0. The Hall–Kier alpha value is -2.01.